The van der Waals surface area contributed by atoms with Crippen LogP contribution in [0.25, 0.3) is 0 Å². The van der Waals surface area contributed by atoms with E-state index < -0.39 is 14.5 Å². The van der Waals surface area contributed by atoms with Gasteiger partial charge in [0.15, 0.2) is 0 Å². The molecule has 0 aromatic heterocycles. The number of hydrogen-bond acceptors (Lipinski definition) is 5. The number of hydrogen-bond donors (Lipinski definition) is 3. The van der Waals surface area contributed by atoms with Gasteiger partial charge in [0.25, 0.3) is 0 Å². The van der Waals surface area contributed by atoms with Crippen molar-refractivity contribution >= 4 is 72.1 Å². The van der Waals surface area contributed by atoms with Crippen molar-refractivity contribution in [3.05, 3.63) is 35.4 Å². The second-order valence-electron chi connectivity index (χ2n) is 6.18. The van der Waals surface area contributed by atoms with Gasteiger partial charge in [-0.3, -0.25) is 4.79 Å². The zero-order valence-electron chi connectivity index (χ0n) is 15.2. The lowest BCUT2D eigenvalue weighted by atomic mass is 10.0. The molecule has 1 rings (SSSR count). The SMILES string of the molecule is CC(NC(=O)C(S)S)c1ccc(C[C@@H](C)N(C)C(=O)OCC(Cl)(Cl)Cl)cc1. The first-order valence-corrected chi connectivity index (χ1v) is 10.3. The number of ether oxygens (including phenoxy) is 1. The molecule has 2 amide bonds. The summed E-state index contributed by atoms with van der Waals surface area (Å²) in [6.07, 6.45) is 0.0604. The molecule has 0 heterocycles. The Labute approximate surface area is 185 Å². The molecular weight excluding hydrogens is 451 g/mol. The van der Waals surface area contributed by atoms with Gasteiger partial charge in [0.1, 0.15) is 11.2 Å². The van der Waals surface area contributed by atoms with Gasteiger partial charge in [0.2, 0.25) is 9.70 Å². The van der Waals surface area contributed by atoms with Crippen molar-refractivity contribution < 1.29 is 14.3 Å². The van der Waals surface area contributed by atoms with Gasteiger partial charge in [-0.25, -0.2) is 4.79 Å². The lowest BCUT2D eigenvalue weighted by molar-refractivity contribution is -0.119. The Morgan fingerprint density at radius 1 is 1.19 bits per heavy atom. The number of alkyl halides is 3. The molecule has 1 aromatic rings. The summed E-state index contributed by atoms with van der Waals surface area (Å²) in [6, 6.07) is 7.48. The largest absolute Gasteiger partial charge is 0.445 e. The molecule has 0 aliphatic carbocycles. The minimum absolute atomic E-state index is 0.120. The minimum atomic E-state index is -1.64. The number of amides is 2. The van der Waals surface area contributed by atoms with E-state index >= 15 is 0 Å². The Kier molecular flexibility index (Phi) is 9.92. The van der Waals surface area contributed by atoms with Gasteiger partial charge in [0.05, 0.1) is 6.04 Å². The summed E-state index contributed by atoms with van der Waals surface area (Å²) in [5, 5.41) is 2.82. The highest BCUT2D eigenvalue weighted by atomic mass is 35.6. The fourth-order valence-corrected chi connectivity index (χ4v) is 2.53. The van der Waals surface area contributed by atoms with Crippen LogP contribution >= 0.6 is 60.1 Å². The summed E-state index contributed by atoms with van der Waals surface area (Å²) in [4.78, 5) is 25.1. The van der Waals surface area contributed by atoms with Crippen molar-refractivity contribution in [2.75, 3.05) is 13.7 Å². The fraction of sp³-hybridized carbons (Fsp3) is 0.529. The molecule has 0 radical (unpaired) electrons. The lowest BCUT2D eigenvalue weighted by Gasteiger charge is -2.25. The molecule has 0 saturated carbocycles. The van der Waals surface area contributed by atoms with Crippen molar-refractivity contribution in [2.24, 2.45) is 0 Å². The summed E-state index contributed by atoms with van der Waals surface area (Å²) < 4.78 is 2.67. The van der Waals surface area contributed by atoms with Crippen LogP contribution in [0.3, 0.4) is 0 Å². The number of thiol groups is 2. The highest BCUT2D eigenvalue weighted by Gasteiger charge is 2.25. The van der Waals surface area contributed by atoms with E-state index in [-0.39, 0.29) is 24.6 Å². The number of halogens is 3. The second kappa shape index (κ2) is 10.9. The van der Waals surface area contributed by atoms with Gasteiger partial charge in [-0.15, -0.1) is 0 Å². The Morgan fingerprint density at radius 3 is 2.22 bits per heavy atom. The lowest BCUT2D eigenvalue weighted by Crippen LogP contribution is -2.38. The number of carbonyl (C=O) groups excluding carboxylic acids is 2. The number of benzene rings is 1. The van der Waals surface area contributed by atoms with E-state index in [0.29, 0.717) is 6.42 Å². The van der Waals surface area contributed by atoms with E-state index in [9.17, 15) is 9.59 Å². The zero-order valence-corrected chi connectivity index (χ0v) is 19.2. The third-order valence-electron chi connectivity index (χ3n) is 3.91. The quantitative estimate of drug-likeness (QED) is 0.312. The highest BCUT2D eigenvalue weighted by Crippen LogP contribution is 2.26. The summed E-state index contributed by atoms with van der Waals surface area (Å²) >= 11 is 24.7. The molecule has 2 atom stereocenters. The first-order chi connectivity index (χ1) is 12.4. The molecule has 1 N–H and O–H groups in total. The third kappa shape index (κ3) is 9.05. The summed E-state index contributed by atoms with van der Waals surface area (Å²) in [5.41, 5.74) is 1.99. The van der Waals surface area contributed by atoms with Crippen molar-refractivity contribution in [1.29, 1.82) is 0 Å². The van der Waals surface area contributed by atoms with Crippen LogP contribution in [0.1, 0.15) is 31.0 Å². The van der Waals surface area contributed by atoms with E-state index in [1.165, 1.54) is 4.90 Å². The maximum atomic E-state index is 12.0. The van der Waals surface area contributed by atoms with Crippen LogP contribution in [-0.2, 0) is 16.0 Å². The standard InChI is InChI=1S/C17H23Cl3N2O3S2/c1-10(22(3)16(24)25-9-17(18,19)20)8-12-4-6-13(7-5-12)11(2)21-14(23)15(26)27/h4-7,10-11,15,26-27H,8-9H2,1-3H3,(H,21,23)/t10-,11?/m1/s1. The molecule has 0 fully saturated rings. The van der Waals surface area contributed by atoms with Gasteiger partial charge in [-0.2, -0.15) is 25.3 Å². The van der Waals surface area contributed by atoms with Crippen LogP contribution in [0.2, 0.25) is 0 Å². The van der Waals surface area contributed by atoms with Crippen molar-refractivity contribution in [2.45, 2.75) is 40.7 Å². The predicted molar refractivity (Wildman–Crippen MR) is 117 cm³/mol. The number of likely N-dealkylation sites (N-methyl/N-ethyl adjacent to an activating group) is 1. The molecule has 0 aliphatic rings. The van der Waals surface area contributed by atoms with E-state index in [1.54, 1.807) is 7.05 Å². The fourth-order valence-electron chi connectivity index (χ4n) is 2.22. The molecule has 1 unspecified atom stereocenters. The Morgan fingerprint density at radius 2 is 1.74 bits per heavy atom. The summed E-state index contributed by atoms with van der Waals surface area (Å²) in [7, 11) is 1.63. The molecular formula is C17H23Cl3N2O3S2. The van der Waals surface area contributed by atoms with Crippen LogP contribution in [0.5, 0.6) is 0 Å². The highest BCUT2D eigenvalue weighted by molar-refractivity contribution is 8.00. The average Bonchev–Trinajstić information content (AvgIpc) is 2.58. The molecule has 0 aliphatic heterocycles. The first-order valence-electron chi connectivity index (χ1n) is 8.12. The predicted octanol–water partition coefficient (Wildman–Crippen LogP) is 4.42. The average molecular weight is 474 g/mol. The molecule has 10 heteroatoms. The monoisotopic (exact) mass is 472 g/mol. The van der Waals surface area contributed by atoms with Gasteiger partial charge in [-0.05, 0) is 31.4 Å². The van der Waals surface area contributed by atoms with Crippen LogP contribution in [-0.4, -0.2) is 45.0 Å². The van der Waals surface area contributed by atoms with Crippen LogP contribution in [0, 0.1) is 0 Å². The molecule has 27 heavy (non-hydrogen) atoms. The van der Waals surface area contributed by atoms with E-state index in [1.807, 2.05) is 38.1 Å². The number of carbonyl (C=O) groups is 2. The summed E-state index contributed by atoms with van der Waals surface area (Å²) in [6.45, 7) is 3.46. The Balaban J connectivity index is 2.61. The van der Waals surface area contributed by atoms with Crippen molar-refractivity contribution in [3.63, 3.8) is 0 Å². The molecule has 0 bridgehead atoms. The van der Waals surface area contributed by atoms with Crippen molar-refractivity contribution in [3.8, 4) is 0 Å². The van der Waals surface area contributed by atoms with E-state index in [4.69, 9.17) is 39.5 Å². The van der Waals surface area contributed by atoms with Crippen LogP contribution in [0.4, 0.5) is 4.79 Å². The molecule has 0 spiro atoms. The maximum absolute atomic E-state index is 12.0. The van der Waals surface area contributed by atoms with Crippen LogP contribution in [0.15, 0.2) is 24.3 Å². The first kappa shape index (κ1) is 24.6. The van der Waals surface area contributed by atoms with Crippen LogP contribution < -0.4 is 5.32 Å². The minimum Gasteiger partial charge on any atom is -0.445 e. The second-order valence-corrected chi connectivity index (χ2v) is 10.1. The summed E-state index contributed by atoms with van der Waals surface area (Å²) in [5.74, 6) is -0.248. The van der Waals surface area contributed by atoms with E-state index in [2.05, 4.69) is 30.6 Å². The zero-order chi connectivity index (χ0) is 20.8. The maximum Gasteiger partial charge on any atom is 0.409 e. The smallest absolute Gasteiger partial charge is 0.409 e. The van der Waals surface area contributed by atoms with Gasteiger partial charge >= 0.3 is 6.09 Å². The normalized spacial score (nSPS) is 13.8. The van der Waals surface area contributed by atoms with E-state index in [0.717, 1.165) is 11.1 Å². The van der Waals surface area contributed by atoms with Gasteiger partial charge < -0.3 is 15.0 Å². The Bertz CT molecular complexity index is 639. The number of nitrogens with one attached hydrogen (secondary N) is 1. The third-order valence-corrected chi connectivity index (χ3v) is 4.71. The van der Waals surface area contributed by atoms with Gasteiger partial charge in [0, 0.05) is 13.1 Å². The number of rotatable bonds is 7. The molecule has 0 saturated heterocycles. The van der Waals surface area contributed by atoms with Crippen molar-refractivity contribution in [1.82, 2.24) is 10.2 Å². The van der Waals surface area contributed by atoms with Gasteiger partial charge in [-0.1, -0.05) is 59.1 Å². The molecule has 5 nitrogen and oxygen atoms in total. The topological polar surface area (TPSA) is 58.6 Å². The Hall–Kier alpha value is -0.470. The number of nitrogens with zero attached hydrogens (tertiary/aromatic N) is 1. The molecule has 1 aromatic carbocycles. The molecule has 152 valence electrons.